The zero-order valence-electron chi connectivity index (χ0n) is 66.2. The molecule has 108 heavy (non-hydrogen) atoms. The molecule has 17 nitrogen and oxygen atoms in total. The highest BCUT2D eigenvalue weighted by molar-refractivity contribution is 7.47. The van der Waals surface area contributed by atoms with Crippen LogP contribution < -0.4 is 0 Å². The van der Waals surface area contributed by atoms with E-state index in [1.54, 1.807) is 6.08 Å². The minimum absolute atomic E-state index is 0.0165. The van der Waals surface area contributed by atoms with Gasteiger partial charge >= 0.3 is 39.5 Å². The molecule has 0 heterocycles. The standard InChI is InChI=1S/C89H138O17P2/c1-5-9-13-17-21-25-29-33-37-39-41-43-47-50-54-58-62-66-70-74-87(92)100-80-85(106-89(94)76-72-68-64-60-56-52-48-44-42-40-38-34-30-26-22-18-14-10-6-2)82-104-108(97,98)102-78-83(90)77-101-107(95,96)103-81-84(105-88(93)75-71-67-63-59-55-51-46-36-32-28-24-20-16-12-8-4)79-99-86(91)73-69-65-61-57-53-49-45-35-31-27-23-19-15-11-7-3/h9-11,13-15,21-28,33-38,41-46,50,52-54,56-57,62,65-66,69,83-85,90H,5-8,12,16-20,29-32,39-40,47-49,51,55,58-61,63-64,67-68,70-82H2,1-4H3,(H,95,96)(H,97,98)/b13-9-,14-10-,15-11-,25-21-,26-22-,27-23-,28-24-,37-33-,38-34-,43-41-,44-42-,45-35-,46-36-,54-50-,56-52-,57-53-,66-62-,69-65-. The number of rotatable bonds is 72. The summed E-state index contributed by atoms with van der Waals surface area (Å²) < 4.78 is 68.4. The molecule has 0 fully saturated rings. The highest BCUT2D eigenvalue weighted by Gasteiger charge is 2.30. The molecule has 0 aliphatic heterocycles. The Morgan fingerprint density at radius 3 is 0.870 bits per heavy atom. The zero-order chi connectivity index (χ0) is 78.9. The summed E-state index contributed by atoms with van der Waals surface area (Å²) in [6, 6.07) is 0. The fourth-order valence-electron chi connectivity index (χ4n) is 9.49. The molecule has 0 radical (unpaired) electrons. The summed E-state index contributed by atoms with van der Waals surface area (Å²) in [6.07, 6.45) is 99.6. The van der Waals surface area contributed by atoms with Crippen LogP contribution in [0.5, 0.6) is 0 Å². The van der Waals surface area contributed by atoms with Gasteiger partial charge in [0, 0.05) is 19.3 Å². The summed E-state index contributed by atoms with van der Waals surface area (Å²) in [4.78, 5) is 73.0. The number of esters is 4. The van der Waals surface area contributed by atoms with E-state index in [0.717, 1.165) is 154 Å². The maximum absolute atomic E-state index is 13.1. The molecule has 3 N–H and O–H groups in total. The van der Waals surface area contributed by atoms with Crippen molar-refractivity contribution in [3.8, 4) is 0 Å². The van der Waals surface area contributed by atoms with Gasteiger partial charge in [-0.15, -0.1) is 0 Å². The number of phosphoric acid groups is 2. The van der Waals surface area contributed by atoms with E-state index < -0.39 is 97.5 Å². The molecule has 0 aromatic heterocycles. The number of aliphatic hydroxyl groups is 1. The Kier molecular flexibility index (Phi) is 73.7. The largest absolute Gasteiger partial charge is 0.472 e. The van der Waals surface area contributed by atoms with Crippen LogP contribution in [0.15, 0.2) is 219 Å². The van der Waals surface area contributed by atoms with Gasteiger partial charge < -0.3 is 33.8 Å². The lowest BCUT2D eigenvalue weighted by Crippen LogP contribution is -2.30. The molecule has 5 unspecified atom stereocenters. The third-order valence-corrected chi connectivity index (χ3v) is 17.4. The first-order valence-electron chi connectivity index (χ1n) is 40.0. The average Bonchev–Trinajstić information content (AvgIpc) is 0.896. The summed E-state index contributed by atoms with van der Waals surface area (Å²) in [6.45, 7) is 4.21. The minimum Gasteiger partial charge on any atom is -0.462 e. The minimum atomic E-state index is -5.03. The zero-order valence-corrected chi connectivity index (χ0v) is 68.0. The van der Waals surface area contributed by atoms with Gasteiger partial charge in [0.1, 0.15) is 19.3 Å². The van der Waals surface area contributed by atoms with E-state index in [-0.39, 0.29) is 25.7 Å². The van der Waals surface area contributed by atoms with Crippen LogP contribution in [0, 0.1) is 0 Å². The van der Waals surface area contributed by atoms with Gasteiger partial charge in [-0.25, -0.2) is 9.13 Å². The van der Waals surface area contributed by atoms with E-state index in [2.05, 4.69) is 204 Å². The Morgan fingerprint density at radius 1 is 0.278 bits per heavy atom. The summed E-state index contributed by atoms with van der Waals surface area (Å²) in [7, 11) is -10.0. The van der Waals surface area contributed by atoms with Gasteiger partial charge in [0.15, 0.2) is 12.2 Å². The van der Waals surface area contributed by atoms with Gasteiger partial charge in [-0.3, -0.25) is 37.3 Å². The molecule has 0 aromatic carbocycles. The van der Waals surface area contributed by atoms with Crippen molar-refractivity contribution >= 4 is 39.5 Å². The predicted octanol–water partition coefficient (Wildman–Crippen LogP) is 23.7. The van der Waals surface area contributed by atoms with Crippen molar-refractivity contribution in [2.75, 3.05) is 39.6 Å². The smallest absolute Gasteiger partial charge is 0.462 e. The van der Waals surface area contributed by atoms with Crippen LogP contribution in [0.3, 0.4) is 0 Å². The Balaban J connectivity index is 5.58. The first-order chi connectivity index (χ1) is 52.7. The predicted molar refractivity (Wildman–Crippen MR) is 445 cm³/mol. The molecule has 0 aliphatic rings. The molecule has 0 saturated heterocycles. The molecule has 0 aliphatic carbocycles. The van der Waals surface area contributed by atoms with Gasteiger partial charge in [0.05, 0.1) is 32.8 Å². The fourth-order valence-corrected chi connectivity index (χ4v) is 11.1. The Morgan fingerprint density at radius 2 is 0.537 bits per heavy atom. The molecule has 19 heteroatoms. The van der Waals surface area contributed by atoms with Crippen LogP contribution in [0.1, 0.15) is 259 Å². The van der Waals surface area contributed by atoms with Crippen molar-refractivity contribution in [2.45, 2.75) is 277 Å². The molecule has 0 rings (SSSR count). The molecule has 0 aromatic rings. The molecular weight excluding hydrogens is 1400 g/mol. The van der Waals surface area contributed by atoms with E-state index in [1.807, 2.05) is 36.5 Å². The van der Waals surface area contributed by atoms with Gasteiger partial charge in [0.25, 0.3) is 0 Å². The van der Waals surface area contributed by atoms with Gasteiger partial charge in [-0.05, 0) is 167 Å². The number of hydrogen-bond acceptors (Lipinski definition) is 15. The second-order valence-corrected chi connectivity index (χ2v) is 28.4. The first-order valence-corrected chi connectivity index (χ1v) is 43.0. The van der Waals surface area contributed by atoms with E-state index in [1.165, 1.54) is 19.3 Å². The summed E-state index contributed by atoms with van der Waals surface area (Å²) >= 11 is 0. The number of hydrogen-bond donors (Lipinski definition) is 3. The number of carbonyl (C=O) groups is 4. The third-order valence-electron chi connectivity index (χ3n) is 15.5. The topological polar surface area (TPSA) is 237 Å². The van der Waals surface area contributed by atoms with Crippen molar-refractivity contribution in [2.24, 2.45) is 0 Å². The average molecular weight is 1540 g/mol. The monoisotopic (exact) mass is 1540 g/mol. The lowest BCUT2D eigenvalue weighted by molar-refractivity contribution is -0.161. The molecular formula is C89H138O17P2. The Bertz CT molecular complexity index is 2910. The van der Waals surface area contributed by atoms with E-state index in [4.69, 9.17) is 37.0 Å². The number of phosphoric ester groups is 2. The Labute approximate surface area is 651 Å². The number of ether oxygens (including phenoxy) is 4. The van der Waals surface area contributed by atoms with Crippen molar-refractivity contribution < 1.29 is 80.2 Å². The van der Waals surface area contributed by atoms with Crippen LogP contribution in [-0.4, -0.2) is 96.7 Å². The van der Waals surface area contributed by atoms with Gasteiger partial charge in [-0.2, -0.15) is 0 Å². The second kappa shape index (κ2) is 78.5. The number of aliphatic hydroxyl groups excluding tert-OH is 1. The number of carbonyl (C=O) groups excluding carboxylic acids is 4. The molecule has 0 spiro atoms. The van der Waals surface area contributed by atoms with Crippen LogP contribution >= 0.6 is 15.6 Å². The van der Waals surface area contributed by atoms with Crippen molar-refractivity contribution in [3.63, 3.8) is 0 Å². The van der Waals surface area contributed by atoms with Crippen molar-refractivity contribution in [1.82, 2.24) is 0 Å². The number of allylic oxidation sites excluding steroid dienone is 35. The number of unbranched alkanes of at least 4 members (excludes halogenated alkanes) is 11. The summed E-state index contributed by atoms with van der Waals surface area (Å²) in [5, 5.41) is 10.6. The molecule has 0 amide bonds. The Hall–Kier alpha value is -6.62. The lowest BCUT2D eigenvalue weighted by Gasteiger charge is -2.21. The first kappa shape index (κ1) is 101. The maximum atomic E-state index is 13.1. The SMILES string of the molecule is CC/C=C\C/C=C\C/C=C\C/C=C\C/C=C\C/C=C\CCC(=O)OCC(COP(=O)(O)OCC(O)COP(=O)(O)OCC(COC(=O)C/C=C\C/C=C\C/C=C\C/C=C\C/C=C\CC)OC(=O)CCCCCCC/C=C\C/C=C\CCCCC)OC(=O)CCCCC/C=C\C/C=C\C/C=C\C/C=C\C/C=C\CC. The second-order valence-electron chi connectivity index (χ2n) is 25.5. The van der Waals surface area contributed by atoms with E-state index in [9.17, 15) is 43.2 Å². The highest BCUT2D eigenvalue weighted by Crippen LogP contribution is 2.45. The quantitative estimate of drug-likeness (QED) is 0.0169. The van der Waals surface area contributed by atoms with Gasteiger partial charge in [0.2, 0.25) is 0 Å². The third kappa shape index (κ3) is 77.5. The van der Waals surface area contributed by atoms with E-state index >= 15 is 0 Å². The van der Waals surface area contributed by atoms with Crippen LogP contribution in [-0.2, 0) is 65.4 Å². The van der Waals surface area contributed by atoms with Crippen LogP contribution in [0.4, 0.5) is 0 Å². The highest BCUT2D eigenvalue weighted by atomic mass is 31.2. The molecule has 0 saturated carbocycles. The van der Waals surface area contributed by atoms with Crippen LogP contribution in [0.2, 0.25) is 0 Å². The summed E-state index contributed by atoms with van der Waals surface area (Å²) in [5.74, 6) is -2.50. The molecule has 606 valence electrons. The lowest BCUT2D eigenvalue weighted by atomic mass is 10.1. The fraction of sp³-hybridized carbons (Fsp3) is 0.551. The van der Waals surface area contributed by atoms with Crippen LogP contribution in [0.25, 0.3) is 0 Å². The van der Waals surface area contributed by atoms with Gasteiger partial charge in [-0.1, -0.05) is 285 Å². The molecule has 0 bridgehead atoms. The normalized spacial score (nSPS) is 15.0. The molecule has 5 atom stereocenters. The van der Waals surface area contributed by atoms with E-state index in [0.29, 0.717) is 32.1 Å². The van der Waals surface area contributed by atoms with Crippen molar-refractivity contribution in [1.29, 1.82) is 0 Å². The van der Waals surface area contributed by atoms with Crippen molar-refractivity contribution in [3.05, 3.63) is 219 Å². The maximum Gasteiger partial charge on any atom is 0.472 e. The summed E-state index contributed by atoms with van der Waals surface area (Å²) in [5.41, 5.74) is 0.